The summed E-state index contributed by atoms with van der Waals surface area (Å²) < 4.78 is 0. The molecule has 5 nitrogen and oxygen atoms in total. The molecule has 0 aliphatic heterocycles. The molecule has 0 aliphatic rings. The number of aryl methyl sites for hydroxylation is 1. The van der Waals surface area contributed by atoms with Crippen molar-refractivity contribution in [2.24, 2.45) is 5.84 Å². The van der Waals surface area contributed by atoms with Crippen molar-refractivity contribution in [3.8, 4) is 0 Å². The standard InChI is InChI=1S/C12H17N5/c1-8-2-4-9(5-3-8)6-11(16-14)10-7-15-17-12(10)13/h2-5,7,11,16H,6,14H2,1H3,(H3,13,15,17). The molecule has 1 aromatic heterocycles. The van der Waals surface area contributed by atoms with Crippen LogP contribution in [0.2, 0.25) is 0 Å². The Bertz CT molecular complexity index is 474. The minimum absolute atomic E-state index is 0.0311. The molecule has 1 aromatic carbocycles. The van der Waals surface area contributed by atoms with Gasteiger partial charge in [-0.15, -0.1) is 0 Å². The van der Waals surface area contributed by atoms with Gasteiger partial charge in [0, 0.05) is 5.56 Å². The number of aromatic amines is 1. The Kier molecular flexibility index (Phi) is 3.41. The number of H-pyrrole nitrogens is 1. The first-order chi connectivity index (χ1) is 8.20. The maximum atomic E-state index is 5.78. The fourth-order valence-corrected chi connectivity index (χ4v) is 1.80. The number of nitrogens with one attached hydrogen (secondary N) is 2. The Labute approximate surface area is 100 Å². The minimum Gasteiger partial charge on any atom is -0.384 e. The summed E-state index contributed by atoms with van der Waals surface area (Å²) in [6, 6.07) is 8.33. The van der Waals surface area contributed by atoms with Gasteiger partial charge in [-0.25, -0.2) is 0 Å². The highest BCUT2D eigenvalue weighted by Gasteiger charge is 2.14. The number of anilines is 1. The molecule has 1 unspecified atom stereocenters. The van der Waals surface area contributed by atoms with E-state index >= 15 is 0 Å². The molecule has 90 valence electrons. The molecule has 0 aliphatic carbocycles. The topological polar surface area (TPSA) is 92.7 Å². The van der Waals surface area contributed by atoms with Gasteiger partial charge < -0.3 is 5.73 Å². The quantitative estimate of drug-likeness (QED) is 0.467. The second-order valence-corrected chi connectivity index (χ2v) is 4.15. The molecule has 0 saturated heterocycles. The number of hydrazine groups is 1. The van der Waals surface area contributed by atoms with Gasteiger partial charge in [0.1, 0.15) is 5.82 Å². The number of hydrogen-bond donors (Lipinski definition) is 4. The van der Waals surface area contributed by atoms with Crippen molar-refractivity contribution in [1.82, 2.24) is 15.6 Å². The molecule has 5 heteroatoms. The van der Waals surface area contributed by atoms with Gasteiger partial charge >= 0.3 is 0 Å². The van der Waals surface area contributed by atoms with Crippen LogP contribution in [-0.2, 0) is 6.42 Å². The van der Waals surface area contributed by atoms with Crippen molar-refractivity contribution in [3.63, 3.8) is 0 Å². The Hall–Kier alpha value is -1.85. The maximum Gasteiger partial charge on any atom is 0.123 e. The summed E-state index contributed by atoms with van der Waals surface area (Å²) in [6.07, 6.45) is 2.48. The third-order valence-corrected chi connectivity index (χ3v) is 2.84. The Morgan fingerprint density at radius 2 is 2.06 bits per heavy atom. The van der Waals surface area contributed by atoms with E-state index < -0.39 is 0 Å². The number of rotatable bonds is 4. The molecule has 17 heavy (non-hydrogen) atoms. The largest absolute Gasteiger partial charge is 0.384 e. The molecule has 0 amide bonds. The average molecular weight is 231 g/mol. The van der Waals surface area contributed by atoms with E-state index in [4.69, 9.17) is 11.6 Å². The summed E-state index contributed by atoms with van der Waals surface area (Å²) in [5, 5.41) is 6.61. The van der Waals surface area contributed by atoms with Crippen molar-refractivity contribution < 1.29 is 0 Å². The van der Waals surface area contributed by atoms with Crippen LogP contribution in [0.25, 0.3) is 0 Å². The van der Waals surface area contributed by atoms with Gasteiger partial charge in [0.2, 0.25) is 0 Å². The summed E-state index contributed by atoms with van der Waals surface area (Å²) in [4.78, 5) is 0. The molecular formula is C12H17N5. The van der Waals surface area contributed by atoms with Crippen LogP contribution in [0.3, 0.4) is 0 Å². The zero-order valence-electron chi connectivity index (χ0n) is 9.77. The second kappa shape index (κ2) is 4.99. The van der Waals surface area contributed by atoms with Crippen LogP contribution in [0, 0.1) is 6.92 Å². The van der Waals surface area contributed by atoms with Crippen molar-refractivity contribution in [2.75, 3.05) is 5.73 Å². The van der Waals surface area contributed by atoms with Gasteiger partial charge in [-0.2, -0.15) is 5.10 Å². The van der Waals surface area contributed by atoms with Crippen LogP contribution >= 0.6 is 0 Å². The van der Waals surface area contributed by atoms with Crippen LogP contribution in [-0.4, -0.2) is 10.2 Å². The predicted octanol–water partition coefficient (Wildman–Crippen LogP) is 1.05. The molecule has 0 radical (unpaired) electrons. The highest BCUT2D eigenvalue weighted by atomic mass is 15.2. The van der Waals surface area contributed by atoms with Gasteiger partial charge in [0.15, 0.2) is 0 Å². The first-order valence-electron chi connectivity index (χ1n) is 5.51. The van der Waals surface area contributed by atoms with Crippen molar-refractivity contribution in [1.29, 1.82) is 0 Å². The van der Waals surface area contributed by atoms with E-state index in [0.29, 0.717) is 5.82 Å². The molecule has 2 rings (SSSR count). The number of nitrogens with two attached hydrogens (primary N) is 2. The molecule has 2 aromatic rings. The van der Waals surface area contributed by atoms with Crippen LogP contribution in [0.5, 0.6) is 0 Å². The van der Waals surface area contributed by atoms with Gasteiger partial charge in [0.05, 0.1) is 12.2 Å². The van der Waals surface area contributed by atoms with Crippen molar-refractivity contribution in [2.45, 2.75) is 19.4 Å². The summed E-state index contributed by atoms with van der Waals surface area (Å²) in [6.45, 7) is 2.07. The molecular weight excluding hydrogens is 214 g/mol. The summed E-state index contributed by atoms with van der Waals surface area (Å²) in [7, 11) is 0. The van der Waals surface area contributed by atoms with E-state index in [-0.39, 0.29) is 6.04 Å². The van der Waals surface area contributed by atoms with E-state index in [2.05, 4.69) is 46.8 Å². The lowest BCUT2D eigenvalue weighted by molar-refractivity contribution is 0.553. The lowest BCUT2D eigenvalue weighted by atomic mass is 10.0. The molecule has 1 heterocycles. The van der Waals surface area contributed by atoms with Crippen LogP contribution < -0.4 is 17.0 Å². The SMILES string of the molecule is Cc1ccc(CC(NN)c2cn[nH]c2N)cc1. The Morgan fingerprint density at radius 3 is 2.59 bits per heavy atom. The average Bonchev–Trinajstić information content (AvgIpc) is 2.75. The smallest absolute Gasteiger partial charge is 0.123 e. The first-order valence-corrected chi connectivity index (χ1v) is 5.51. The van der Waals surface area contributed by atoms with Crippen LogP contribution in [0.1, 0.15) is 22.7 Å². The molecule has 0 spiro atoms. The van der Waals surface area contributed by atoms with Gasteiger partial charge in [0.25, 0.3) is 0 Å². The van der Waals surface area contributed by atoms with E-state index in [1.165, 1.54) is 11.1 Å². The molecule has 0 saturated carbocycles. The summed E-state index contributed by atoms with van der Waals surface area (Å²) in [5.41, 5.74) is 11.9. The highest BCUT2D eigenvalue weighted by molar-refractivity contribution is 5.40. The second-order valence-electron chi connectivity index (χ2n) is 4.15. The third kappa shape index (κ3) is 2.64. The lowest BCUT2D eigenvalue weighted by Crippen LogP contribution is -2.29. The zero-order chi connectivity index (χ0) is 12.3. The van der Waals surface area contributed by atoms with E-state index in [9.17, 15) is 0 Å². The first kappa shape index (κ1) is 11.6. The minimum atomic E-state index is -0.0311. The molecule has 0 fully saturated rings. The molecule has 0 bridgehead atoms. The van der Waals surface area contributed by atoms with Crippen molar-refractivity contribution >= 4 is 5.82 Å². The third-order valence-electron chi connectivity index (χ3n) is 2.84. The lowest BCUT2D eigenvalue weighted by Gasteiger charge is -2.15. The fourth-order valence-electron chi connectivity index (χ4n) is 1.80. The fraction of sp³-hybridized carbons (Fsp3) is 0.250. The van der Waals surface area contributed by atoms with Gasteiger partial charge in [-0.05, 0) is 18.9 Å². The maximum absolute atomic E-state index is 5.78. The van der Waals surface area contributed by atoms with Crippen LogP contribution in [0.15, 0.2) is 30.5 Å². The highest BCUT2D eigenvalue weighted by Crippen LogP contribution is 2.21. The normalized spacial score (nSPS) is 12.6. The monoisotopic (exact) mass is 231 g/mol. The number of nitrogen functional groups attached to an aromatic ring is 1. The van der Waals surface area contributed by atoms with E-state index in [1.807, 2.05) is 0 Å². The molecule has 6 N–H and O–H groups in total. The van der Waals surface area contributed by atoms with E-state index in [1.54, 1.807) is 6.20 Å². The Morgan fingerprint density at radius 1 is 1.35 bits per heavy atom. The number of nitrogens with zero attached hydrogens (tertiary/aromatic N) is 1. The Balaban J connectivity index is 2.16. The number of aromatic nitrogens is 2. The summed E-state index contributed by atoms with van der Waals surface area (Å²) >= 11 is 0. The van der Waals surface area contributed by atoms with Crippen LogP contribution in [0.4, 0.5) is 5.82 Å². The molecule has 1 atom stereocenters. The predicted molar refractivity (Wildman–Crippen MR) is 67.9 cm³/mol. The number of benzene rings is 1. The zero-order valence-corrected chi connectivity index (χ0v) is 9.77. The van der Waals surface area contributed by atoms with Crippen molar-refractivity contribution in [3.05, 3.63) is 47.2 Å². The van der Waals surface area contributed by atoms with E-state index in [0.717, 1.165) is 12.0 Å². The van der Waals surface area contributed by atoms with Gasteiger partial charge in [-0.1, -0.05) is 29.8 Å². The summed E-state index contributed by atoms with van der Waals surface area (Å²) in [5.74, 6) is 6.12. The number of hydrogen-bond acceptors (Lipinski definition) is 4. The van der Waals surface area contributed by atoms with Gasteiger partial charge in [-0.3, -0.25) is 16.4 Å².